The molecule has 0 amide bonds. The van der Waals surface area contributed by atoms with E-state index in [0.29, 0.717) is 30.6 Å². The predicted octanol–water partition coefficient (Wildman–Crippen LogP) is 6.64. The molecule has 2 aliphatic carbocycles. The summed E-state index contributed by atoms with van der Waals surface area (Å²) >= 11 is 0. The standard InChI is InChI=1S/C22H37FO/c1-5-8-16(4)19-14-18(9-6-2)22(21(15-19)24-7-3)17-10-12-20(23)13-11-17/h10,14,16,18,20-22H,5-9,11-13,15H2,1-4H3/t16?,18-,20-,21+,22?/m0/s1. The maximum absolute atomic E-state index is 13.6. The number of hydrogen-bond donors (Lipinski definition) is 0. The molecule has 138 valence electrons. The highest BCUT2D eigenvalue weighted by Crippen LogP contribution is 2.43. The third-order valence-corrected chi connectivity index (χ3v) is 5.89. The van der Waals surface area contributed by atoms with Crippen LogP contribution in [0.1, 0.15) is 79.1 Å². The van der Waals surface area contributed by atoms with Crippen molar-refractivity contribution < 1.29 is 9.13 Å². The molecule has 0 aromatic carbocycles. The summed E-state index contributed by atoms with van der Waals surface area (Å²) in [5.74, 6) is 1.70. The summed E-state index contributed by atoms with van der Waals surface area (Å²) in [6.07, 6.45) is 12.6. The molecule has 0 aromatic heterocycles. The van der Waals surface area contributed by atoms with E-state index in [1.54, 1.807) is 5.57 Å². The Morgan fingerprint density at radius 3 is 2.62 bits per heavy atom. The smallest absolute Gasteiger partial charge is 0.104 e. The second kappa shape index (κ2) is 9.75. The zero-order valence-corrected chi connectivity index (χ0v) is 16.2. The molecule has 5 atom stereocenters. The van der Waals surface area contributed by atoms with E-state index >= 15 is 0 Å². The molecule has 24 heavy (non-hydrogen) atoms. The molecule has 0 aromatic rings. The summed E-state index contributed by atoms with van der Waals surface area (Å²) in [5, 5.41) is 0. The molecule has 0 saturated heterocycles. The molecule has 0 bridgehead atoms. The number of alkyl halides is 1. The van der Waals surface area contributed by atoms with E-state index in [2.05, 4.69) is 39.8 Å². The Bertz CT molecular complexity index is 439. The fourth-order valence-corrected chi connectivity index (χ4v) is 4.68. The third-order valence-electron chi connectivity index (χ3n) is 5.89. The van der Waals surface area contributed by atoms with Crippen LogP contribution in [0.5, 0.6) is 0 Å². The van der Waals surface area contributed by atoms with Gasteiger partial charge in [-0.25, -0.2) is 4.39 Å². The van der Waals surface area contributed by atoms with Crippen molar-refractivity contribution in [3.05, 3.63) is 23.3 Å². The van der Waals surface area contributed by atoms with Gasteiger partial charge in [-0.1, -0.05) is 56.9 Å². The molecule has 0 N–H and O–H groups in total. The van der Waals surface area contributed by atoms with E-state index in [1.165, 1.54) is 31.3 Å². The fourth-order valence-electron chi connectivity index (χ4n) is 4.68. The quantitative estimate of drug-likeness (QED) is 0.451. The van der Waals surface area contributed by atoms with Gasteiger partial charge in [-0.3, -0.25) is 0 Å². The van der Waals surface area contributed by atoms with Gasteiger partial charge in [-0.15, -0.1) is 0 Å². The highest BCUT2D eigenvalue weighted by atomic mass is 19.1. The first-order chi connectivity index (χ1) is 11.6. The van der Waals surface area contributed by atoms with E-state index < -0.39 is 6.17 Å². The molecule has 0 spiro atoms. The summed E-state index contributed by atoms with van der Waals surface area (Å²) in [6.45, 7) is 9.79. The molecule has 2 aliphatic rings. The van der Waals surface area contributed by atoms with Crippen molar-refractivity contribution in [1.29, 1.82) is 0 Å². The van der Waals surface area contributed by atoms with Crippen LogP contribution in [0.25, 0.3) is 0 Å². The van der Waals surface area contributed by atoms with Gasteiger partial charge in [0.25, 0.3) is 0 Å². The Kier molecular flexibility index (Phi) is 8.00. The Hall–Kier alpha value is -0.630. The van der Waals surface area contributed by atoms with Crippen LogP contribution in [-0.4, -0.2) is 18.9 Å². The van der Waals surface area contributed by atoms with Crippen LogP contribution in [0.15, 0.2) is 23.3 Å². The lowest BCUT2D eigenvalue weighted by atomic mass is 9.68. The van der Waals surface area contributed by atoms with E-state index in [-0.39, 0.29) is 6.10 Å². The van der Waals surface area contributed by atoms with Crippen molar-refractivity contribution in [3.8, 4) is 0 Å². The average molecular weight is 337 g/mol. The first kappa shape index (κ1) is 19.7. The first-order valence-electron chi connectivity index (χ1n) is 10.3. The monoisotopic (exact) mass is 336 g/mol. The minimum atomic E-state index is -0.636. The van der Waals surface area contributed by atoms with Crippen molar-refractivity contribution in [1.82, 2.24) is 0 Å². The summed E-state index contributed by atoms with van der Waals surface area (Å²) in [5.41, 5.74) is 3.07. The molecule has 2 rings (SSSR count). The second-order valence-corrected chi connectivity index (χ2v) is 7.76. The maximum Gasteiger partial charge on any atom is 0.104 e. The van der Waals surface area contributed by atoms with Crippen LogP contribution in [0.4, 0.5) is 4.39 Å². The third kappa shape index (κ3) is 4.94. The Labute approximate surface area is 148 Å². The Morgan fingerprint density at radius 1 is 1.25 bits per heavy atom. The van der Waals surface area contributed by atoms with Gasteiger partial charge in [0.05, 0.1) is 6.10 Å². The highest BCUT2D eigenvalue weighted by Gasteiger charge is 2.37. The van der Waals surface area contributed by atoms with Crippen LogP contribution in [0, 0.1) is 17.8 Å². The molecular formula is C22H37FO. The fraction of sp³-hybridized carbons (Fsp3) is 0.818. The molecule has 2 heteroatoms. The molecule has 0 fully saturated rings. The average Bonchev–Trinajstić information content (AvgIpc) is 2.56. The van der Waals surface area contributed by atoms with E-state index in [4.69, 9.17) is 4.74 Å². The molecule has 1 nitrogen and oxygen atoms in total. The summed E-state index contributed by atoms with van der Waals surface area (Å²) in [4.78, 5) is 0. The zero-order chi connectivity index (χ0) is 17.5. The number of halogens is 1. The minimum Gasteiger partial charge on any atom is -0.378 e. The van der Waals surface area contributed by atoms with Gasteiger partial charge >= 0.3 is 0 Å². The lowest BCUT2D eigenvalue weighted by molar-refractivity contribution is 0.00800. The van der Waals surface area contributed by atoms with E-state index in [0.717, 1.165) is 19.4 Å². The van der Waals surface area contributed by atoms with Crippen molar-refractivity contribution in [2.24, 2.45) is 17.8 Å². The van der Waals surface area contributed by atoms with Gasteiger partial charge in [0, 0.05) is 12.5 Å². The van der Waals surface area contributed by atoms with Gasteiger partial charge in [0.15, 0.2) is 0 Å². The number of allylic oxidation sites excluding steroid dienone is 2. The van der Waals surface area contributed by atoms with Crippen LogP contribution in [0.3, 0.4) is 0 Å². The van der Waals surface area contributed by atoms with Gasteiger partial charge in [0.1, 0.15) is 6.17 Å². The minimum absolute atomic E-state index is 0.285. The van der Waals surface area contributed by atoms with Crippen molar-refractivity contribution in [3.63, 3.8) is 0 Å². The molecule has 2 unspecified atom stereocenters. The van der Waals surface area contributed by atoms with Crippen LogP contribution in [0.2, 0.25) is 0 Å². The lowest BCUT2D eigenvalue weighted by Gasteiger charge is -2.41. The molecule has 0 aliphatic heterocycles. The lowest BCUT2D eigenvalue weighted by Crippen LogP contribution is -2.37. The predicted molar refractivity (Wildman–Crippen MR) is 101 cm³/mol. The summed E-state index contributed by atoms with van der Waals surface area (Å²) in [7, 11) is 0. The van der Waals surface area contributed by atoms with Crippen molar-refractivity contribution >= 4 is 0 Å². The van der Waals surface area contributed by atoms with Gasteiger partial charge in [-0.05, 0) is 57.3 Å². The van der Waals surface area contributed by atoms with E-state index in [1.807, 2.05) is 0 Å². The normalized spacial score (nSPS) is 32.2. The SMILES string of the molecule is CCCC(C)C1=C[C@H](CCC)C(C2=CC[C@H](F)CC2)[C@H](OCC)C1. The molecular weight excluding hydrogens is 299 g/mol. The van der Waals surface area contributed by atoms with Gasteiger partial charge < -0.3 is 4.74 Å². The Morgan fingerprint density at radius 2 is 2.04 bits per heavy atom. The van der Waals surface area contributed by atoms with Crippen LogP contribution >= 0.6 is 0 Å². The van der Waals surface area contributed by atoms with Gasteiger partial charge in [-0.2, -0.15) is 0 Å². The number of hydrogen-bond acceptors (Lipinski definition) is 1. The van der Waals surface area contributed by atoms with Crippen molar-refractivity contribution in [2.45, 2.75) is 91.3 Å². The molecule has 0 radical (unpaired) electrons. The molecule has 0 saturated carbocycles. The van der Waals surface area contributed by atoms with E-state index in [9.17, 15) is 4.39 Å². The largest absolute Gasteiger partial charge is 0.378 e. The van der Waals surface area contributed by atoms with Crippen LogP contribution < -0.4 is 0 Å². The highest BCUT2D eigenvalue weighted by molar-refractivity contribution is 5.24. The molecule has 0 heterocycles. The second-order valence-electron chi connectivity index (χ2n) is 7.76. The van der Waals surface area contributed by atoms with Crippen molar-refractivity contribution in [2.75, 3.05) is 6.61 Å². The summed E-state index contributed by atoms with van der Waals surface area (Å²) in [6, 6.07) is 0. The van der Waals surface area contributed by atoms with Crippen LogP contribution in [-0.2, 0) is 4.74 Å². The maximum atomic E-state index is 13.6. The zero-order valence-electron chi connectivity index (χ0n) is 16.2. The number of rotatable bonds is 8. The first-order valence-corrected chi connectivity index (χ1v) is 10.3. The topological polar surface area (TPSA) is 9.23 Å². The Balaban J connectivity index is 2.27. The summed E-state index contributed by atoms with van der Waals surface area (Å²) < 4.78 is 19.8. The number of ether oxygens (including phenoxy) is 1. The van der Waals surface area contributed by atoms with Gasteiger partial charge in [0.2, 0.25) is 0 Å².